The zero-order chi connectivity index (χ0) is 24.1. The van der Waals surface area contributed by atoms with Crippen molar-refractivity contribution in [1.82, 2.24) is 10.2 Å². The van der Waals surface area contributed by atoms with Crippen molar-refractivity contribution in [3.63, 3.8) is 0 Å². The van der Waals surface area contributed by atoms with E-state index in [-0.39, 0.29) is 11.1 Å². The van der Waals surface area contributed by atoms with Crippen molar-refractivity contribution < 1.29 is 9.53 Å². The van der Waals surface area contributed by atoms with E-state index in [4.69, 9.17) is 4.74 Å². The van der Waals surface area contributed by atoms with Crippen LogP contribution in [0.15, 0.2) is 24.8 Å². The average Bonchev–Trinajstić information content (AvgIpc) is 2.69. The van der Waals surface area contributed by atoms with Crippen LogP contribution in [0.5, 0.6) is 0 Å². The van der Waals surface area contributed by atoms with Crippen molar-refractivity contribution in [2.24, 2.45) is 5.92 Å². The SMILES string of the molecule is C=CC(C)(CCC(C)(C)NC(C)C)N(C)C(CCCCC=O)COCCC(=C)C(C)C. The second kappa shape index (κ2) is 15.0. The second-order valence-electron chi connectivity index (χ2n) is 10.6. The van der Waals surface area contributed by atoms with Crippen LogP contribution in [-0.4, -0.2) is 54.6 Å². The van der Waals surface area contributed by atoms with Crippen LogP contribution in [0.2, 0.25) is 0 Å². The lowest BCUT2D eigenvalue weighted by Gasteiger charge is -2.43. The molecule has 0 saturated heterocycles. The highest BCUT2D eigenvalue weighted by atomic mass is 16.5. The normalized spacial score (nSPS) is 15.3. The molecule has 4 heteroatoms. The van der Waals surface area contributed by atoms with Crippen LogP contribution in [0, 0.1) is 5.92 Å². The first-order valence-corrected chi connectivity index (χ1v) is 12.2. The first-order chi connectivity index (χ1) is 14.4. The van der Waals surface area contributed by atoms with E-state index in [1.165, 1.54) is 5.57 Å². The molecule has 2 unspecified atom stereocenters. The number of nitrogens with zero attached hydrogens (tertiary/aromatic N) is 1. The number of unbranched alkanes of at least 4 members (excludes halogenated alkanes) is 2. The Morgan fingerprint density at radius 2 is 1.77 bits per heavy atom. The predicted molar refractivity (Wildman–Crippen MR) is 136 cm³/mol. The maximum atomic E-state index is 10.7. The summed E-state index contributed by atoms with van der Waals surface area (Å²) in [5.74, 6) is 0.497. The Labute approximate surface area is 193 Å². The molecule has 0 heterocycles. The number of nitrogens with one attached hydrogen (secondary N) is 1. The van der Waals surface area contributed by atoms with Gasteiger partial charge in [-0.15, -0.1) is 6.58 Å². The number of likely N-dealkylation sites (N-methyl/N-ethyl adjacent to an activating group) is 1. The molecule has 0 aromatic rings. The third-order valence-corrected chi connectivity index (χ3v) is 6.53. The molecule has 0 fully saturated rings. The van der Waals surface area contributed by atoms with Gasteiger partial charge in [-0.05, 0) is 65.8 Å². The standard InChI is InChI=1S/C27H52N2O2/c1-11-27(9,18-17-26(7,8)28-23(4)5)29(10)25(15-13-12-14-19-30)21-31-20-16-24(6)22(2)3/h11,19,22-23,25,28H,1,6,12-18,20-21H2,2-5,7-10H3. The Balaban J connectivity index is 5.09. The van der Waals surface area contributed by atoms with Gasteiger partial charge in [0.05, 0.1) is 13.2 Å². The number of carbonyl (C=O) groups is 1. The Morgan fingerprint density at radius 1 is 1.13 bits per heavy atom. The van der Waals surface area contributed by atoms with Crippen LogP contribution >= 0.6 is 0 Å². The lowest BCUT2D eigenvalue weighted by Crippen LogP contribution is -2.52. The third kappa shape index (κ3) is 12.6. The molecule has 31 heavy (non-hydrogen) atoms. The second-order valence-corrected chi connectivity index (χ2v) is 10.6. The zero-order valence-corrected chi connectivity index (χ0v) is 21.9. The van der Waals surface area contributed by atoms with Crippen molar-refractivity contribution in [1.29, 1.82) is 0 Å². The molecule has 0 radical (unpaired) electrons. The van der Waals surface area contributed by atoms with E-state index >= 15 is 0 Å². The van der Waals surface area contributed by atoms with Gasteiger partial charge in [-0.1, -0.05) is 52.3 Å². The summed E-state index contributed by atoms with van der Waals surface area (Å²) in [5, 5.41) is 3.67. The van der Waals surface area contributed by atoms with Gasteiger partial charge < -0.3 is 14.8 Å². The molecule has 0 aromatic heterocycles. The van der Waals surface area contributed by atoms with E-state index in [0.717, 1.165) is 44.8 Å². The minimum Gasteiger partial charge on any atom is -0.379 e. The van der Waals surface area contributed by atoms with Crippen LogP contribution in [-0.2, 0) is 9.53 Å². The highest BCUT2D eigenvalue weighted by Crippen LogP contribution is 2.29. The van der Waals surface area contributed by atoms with E-state index < -0.39 is 0 Å². The third-order valence-electron chi connectivity index (χ3n) is 6.53. The topological polar surface area (TPSA) is 41.6 Å². The van der Waals surface area contributed by atoms with Crippen molar-refractivity contribution in [3.05, 3.63) is 24.8 Å². The Kier molecular flexibility index (Phi) is 14.5. The van der Waals surface area contributed by atoms with Gasteiger partial charge in [0.25, 0.3) is 0 Å². The first kappa shape index (κ1) is 30.0. The summed E-state index contributed by atoms with van der Waals surface area (Å²) in [6.45, 7) is 25.3. The fourth-order valence-electron chi connectivity index (χ4n) is 3.97. The van der Waals surface area contributed by atoms with Gasteiger partial charge in [-0.3, -0.25) is 4.90 Å². The lowest BCUT2D eigenvalue weighted by molar-refractivity contribution is -0.107. The highest BCUT2D eigenvalue weighted by Gasteiger charge is 2.33. The van der Waals surface area contributed by atoms with Crippen molar-refractivity contribution in [3.8, 4) is 0 Å². The molecule has 182 valence electrons. The highest BCUT2D eigenvalue weighted by molar-refractivity contribution is 5.48. The van der Waals surface area contributed by atoms with Crippen LogP contribution < -0.4 is 5.32 Å². The smallest absolute Gasteiger partial charge is 0.119 e. The van der Waals surface area contributed by atoms with E-state index in [1.54, 1.807) is 0 Å². The van der Waals surface area contributed by atoms with Crippen molar-refractivity contribution in [2.75, 3.05) is 20.3 Å². The summed E-state index contributed by atoms with van der Waals surface area (Å²) in [4.78, 5) is 13.2. The quantitative estimate of drug-likeness (QED) is 0.149. The van der Waals surface area contributed by atoms with E-state index in [2.05, 4.69) is 85.0 Å². The Bertz CT molecular complexity index is 527. The van der Waals surface area contributed by atoms with Crippen LogP contribution in [0.4, 0.5) is 0 Å². The maximum Gasteiger partial charge on any atom is 0.119 e. The number of hydrogen-bond acceptors (Lipinski definition) is 4. The van der Waals surface area contributed by atoms with Crippen molar-refractivity contribution in [2.45, 2.75) is 117 Å². The summed E-state index contributed by atoms with van der Waals surface area (Å²) in [5.41, 5.74) is 1.20. The largest absolute Gasteiger partial charge is 0.379 e. The van der Waals surface area contributed by atoms with E-state index in [9.17, 15) is 4.79 Å². The van der Waals surface area contributed by atoms with Gasteiger partial charge in [0.15, 0.2) is 0 Å². The summed E-state index contributed by atoms with van der Waals surface area (Å²) in [6, 6.07) is 0.755. The van der Waals surface area contributed by atoms with Gasteiger partial charge >= 0.3 is 0 Å². The monoisotopic (exact) mass is 436 g/mol. The molecule has 0 aliphatic rings. The van der Waals surface area contributed by atoms with Crippen LogP contribution in [0.25, 0.3) is 0 Å². The Hall–Kier alpha value is -0.970. The molecular weight excluding hydrogens is 384 g/mol. The maximum absolute atomic E-state index is 10.7. The fourth-order valence-corrected chi connectivity index (χ4v) is 3.97. The number of carbonyl (C=O) groups excluding carboxylic acids is 1. The molecule has 1 N–H and O–H groups in total. The summed E-state index contributed by atoms with van der Waals surface area (Å²) >= 11 is 0. The van der Waals surface area contributed by atoms with Crippen LogP contribution in [0.3, 0.4) is 0 Å². The number of rotatable bonds is 19. The molecule has 2 atom stereocenters. The molecule has 0 bridgehead atoms. The molecule has 0 aliphatic heterocycles. The average molecular weight is 437 g/mol. The van der Waals surface area contributed by atoms with Gasteiger partial charge in [-0.25, -0.2) is 0 Å². The molecule has 0 aromatic carbocycles. The van der Waals surface area contributed by atoms with Gasteiger partial charge in [0, 0.05) is 29.6 Å². The van der Waals surface area contributed by atoms with Crippen molar-refractivity contribution >= 4 is 6.29 Å². The van der Waals surface area contributed by atoms with E-state index in [0.29, 0.717) is 37.6 Å². The minimum absolute atomic E-state index is 0.0758. The molecule has 0 rings (SSSR count). The number of hydrogen-bond donors (Lipinski definition) is 1. The fraction of sp³-hybridized carbons (Fsp3) is 0.815. The number of aldehydes is 1. The van der Waals surface area contributed by atoms with Crippen LogP contribution in [0.1, 0.15) is 93.4 Å². The minimum atomic E-state index is -0.115. The number of ether oxygens (including phenoxy) is 1. The molecule has 0 spiro atoms. The molecular formula is C27H52N2O2. The summed E-state index contributed by atoms with van der Waals surface area (Å²) < 4.78 is 6.11. The summed E-state index contributed by atoms with van der Waals surface area (Å²) in [7, 11) is 2.20. The first-order valence-electron chi connectivity index (χ1n) is 12.2. The molecule has 4 nitrogen and oxygen atoms in total. The molecule has 0 aliphatic carbocycles. The lowest BCUT2D eigenvalue weighted by atomic mass is 9.85. The predicted octanol–water partition coefficient (Wildman–Crippen LogP) is 6.17. The molecule has 0 saturated carbocycles. The van der Waals surface area contributed by atoms with Gasteiger partial charge in [-0.2, -0.15) is 0 Å². The zero-order valence-electron chi connectivity index (χ0n) is 21.9. The Morgan fingerprint density at radius 3 is 2.29 bits per heavy atom. The van der Waals surface area contributed by atoms with Gasteiger partial charge in [0.2, 0.25) is 0 Å². The molecule has 0 amide bonds. The van der Waals surface area contributed by atoms with E-state index in [1.807, 2.05) is 0 Å². The van der Waals surface area contributed by atoms with Gasteiger partial charge in [0.1, 0.15) is 6.29 Å². The summed E-state index contributed by atoms with van der Waals surface area (Å²) in [6.07, 6.45) is 9.73.